The van der Waals surface area contributed by atoms with Crippen LogP contribution in [-0.2, 0) is 5.41 Å². The summed E-state index contributed by atoms with van der Waals surface area (Å²) in [6, 6.07) is 53.9. The number of para-hydroxylation sites is 1. The second-order valence-corrected chi connectivity index (χ2v) is 18.5. The van der Waals surface area contributed by atoms with Gasteiger partial charge in [-0.3, -0.25) is 0 Å². The Morgan fingerprint density at radius 1 is 0.429 bits per heavy atom. The van der Waals surface area contributed by atoms with Crippen molar-refractivity contribution in [1.29, 1.82) is 0 Å². The van der Waals surface area contributed by atoms with Gasteiger partial charge in [0.25, 0.3) is 0 Å². The highest BCUT2D eigenvalue weighted by molar-refractivity contribution is 8.17. The molecule has 0 saturated heterocycles. The molecule has 3 aliphatic heterocycles. The Kier molecular flexibility index (Phi) is 4.98. The van der Waals surface area contributed by atoms with E-state index in [1.165, 1.54) is 37.6 Å². The van der Waals surface area contributed by atoms with Gasteiger partial charge in [-0.25, -0.2) is 0 Å². The van der Waals surface area contributed by atoms with E-state index in [0.29, 0.717) is 0 Å². The normalized spacial score (nSPS) is 17.1. The third-order valence-corrected chi connectivity index (χ3v) is 18.0. The van der Waals surface area contributed by atoms with Crippen molar-refractivity contribution in [2.45, 2.75) is 19.3 Å². The van der Waals surface area contributed by atoms with Gasteiger partial charge in [0.05, 0.1) is 5.56 Å². The summed E-state index contributed by atoms with van der Waals surface area (Å²) in [6.45, 7) is 4.83. The van der Waals surface area contributed by atoms with E-state index in [2.05, 4.69) is 159 Å². The van der Waals surface area contributed by atoms with Crippen LogP contribution in [0.3, 0.4) is 0 Å². The smallest absolute Gasteiger partial charge is 0.204 e. The molecule has 1 nitrogen and oxygen atoms in total. The highest BCUT2D eigenvalue weighted by atomic mass is 31.2. The van der Waals surface area contributed by atoms with Crippen LogP contribution in [0.25, 0.3) is 0 Å². The van der Waals surface area contributed by atoms with E-state index in [1.807, 2.05) is 0 Å². The minimum atomic E-state index is -2.03. The summed E-state index contributed by atoms with van der Waals surface area (Å²) in [4.78, 5) is 0. The lowest BCUT2D eigenvalue weighted by molar-refractivity contribution is 0.424. The molecule has 3 heterocycles. The Morgan fingerprint density at radius 2 is 0.810 bits per heavy atom. The molecule has 0 spiro atoms. The topological polar surface area (TPSA) is 9.23 Å². The Hall–Kier alpha value is -4.02. The number of fused-ring (bicyclic) bond motifs is 7. The number of hydrogen-bond donors (Lipinski definition) is 0. The summed E-state index contributed by atoms with van der Waals surface area (Å²) in [5, 5.41) is 12.0. The van der Waals surface area contributed by atoms with Crippen molar-refractivity contribution in [2.24, 2.45) is 0 Å². The van der Waals surface area contributed by atoms with E-state index in [1.54, 1.807) is 15.9 Å². The van der Waals surface area contributed by atoms with Crippen LogP contribution in [0, 0.1) is 0 Å². The third kappa shape index (κ3) is 2.91. The Labute approximate surface area is 248 Å². The van der Waals surface area contributed by atoms with Crippen molar-refractivity contribution in [3.05, 3.63) is 157 Å². The van der Waals surface area contributed by atoms with E-state index >= 15 is 0 Å². The molecule has 200 valence electrons. The Balaban J connectivity index is 1.46. The van der Waals surface area contributed by atoms with Crippen LogP contribution < -0.4 is 47.2 Å². The summed E-state index contributed by atoms with van der Waals surface area (Å²) in [7, 11) is -4.03. The largest absolute Gasteiger partial charge is 0.452 e. The maximum atomic E-state index is 7.12. The van der Waals surface area contributed by atoms with Crippen LogP contribution in [0.4, 0.5) is 0 Å². The summed E-state index contributed by atoms with van der Waals surface area (Å²) < 4.78 is 7.12. The van der Waals surface area contributed by atoms with Gasteiger partial charge in [-0.05, 0) is 54.6 Å². The molecule has 0 bridgehead atoms. The van der Waals surface area contributed by atoms with Gasteiger partial charge >= 0.3 is 0 Å². The number of hydrogen-bond acceptors (Lipinski definition) is 1. The maximum Gasteiger partial charge on any atom is 0.204 e. The molecule has 42 heavy (non-hydrogen) atoms. The molecule has 3 aliphatic rings. The molecular formula is C39H30OP2+2. The second kappa shape index (κ2) is 8.52. The second-order valence-electron chi connectivity index (χ2n) is 12.0. The van der Waals surface area contributed by atoms with Crippen LogP contribution in [0.5, 0.6) is 11.5 Å². The van der Waals surface area contributed by atoms with Crippen molar-refractivity contribution < 1.29 is 4.74 Å². The van der Waals surface area contributed by atoms with E-state index in [-0.39, 0.29) is 5.41 Å². The summed E-state index contributed by atoms with van der Waals surface area (Å²) >= 11 is 0. The molecule has 0 radical (unpaired) electrons. The fourth-order valence-electron chi connectivity index (χ4n) is 7.74. The molecule has 0 atom stereocenters. The molecule has 0 N–H and O–H groups in total. The average Bonchev–Trinajstić information content (AvgIpc) is 3.94. The van der Waals surface area contributed by atoms with Crippen molar-refractivity contribution in [3.8, 4) is 11.5 Å². The van der Waals surface area contributed by atoms with E-state index in [9.17, 15) is 0 Å². The SMILES string of the molecule is CC1(C)c2ccccc2Oc2c1c1c(c3c2[P+]3(c2ccccc2)c2ccccc2)[P+]1(c1ccccc1)c1ccccc1. The van der Waals surface area contributed by atoms with Gasteiger partial charge in [-0.2, -0.15) is 0 Å². The zero-order chi connectivity index (χ0) is 28.1. The average molecular weight is 577 g/mol. The van der Waals surface area contributed by atoms with Gasteiger partial charge < -0.3 is 4.74 Å². The van der Waals surface area contributed by atoms with E-state index in [0.717, 1.165) is 11.5 Å². The van der Waals surface area contributed by atoms with Crippen LogP contribution in [0.2, 0.25) is 0 Å². The lowest BCUT2D eigenvalue weighted by atomic mass is 9.76. The summed E-state index contributed by atoms with van der Waals surface area (Å²) in [5.41, 5.74) is 2.49. The Morgan fingerprint density at radius 3 is 1.29 bits per heavy atom. The van der Waals surface area contributed by atoms with E-state index < -0.39 is 14.5 Å². The maximum absolute atomic E-state index is 7.12. The highest BCUT2D eigenvalue weighted by Gasteiger charge is 2.83. The molecule has 0 fully saturated rings. The predicted molar refractivity (Wildman–Crippen MR) is 182 cm³/mol. The van der Waals surface area contributed by atoms with Crippen molar-refractivity contribution in [2.75, 3.05) is 0 Å². The lowest BCUT2D eigenvalue weighted by Gasteiger charge is -2.33. The molecule has 6 aromatic rings. The van der Waals surface area contributed by atoms with E-state index in [4.69, 9.17) is 4.74 Å². The fraction of sp³-hybridized carbons (Fsp3) is 0.0769. The minimum Gasteiger partial charge on any atom is -0.452 e. The highest BCUT2D eigenvalue weighted by Crippen LogP contribution is 2.77. The fourth-order valence-corrected chi connectivity index (χ4v) is 18.0. The first-order chi connectivity index (χ1) is 20.6. The first-order valence-electron chi connectivity index (χ1n) is 14.7. The number of rotatable bonds is 4. The molecule has 0 amide bonds. The van der Waals surface area contributed by atoms with Crippen molar-refractivity contribution >= 4 is 57.0 Å². The molecule has 9 rings (SSSR count). The Bertz CT molecular complexity index is 1940. The molecule has 6 aromatic carbocycles. The van der Waals surface area contributed by atoms with Gasteiger partial charge in [0.15, 0.2) is 30.9 Å². The first kappa shape index (κ1) is 24.6. The zero-order valence-corrected chi connectivity index (χ0v) is 25.4. The van der Waals surface area contributed by atoms with Gasteiger partial charge in [-0.15, -0.1) is 0 Å². The van der Waals surface area contributed by atoms with Gasteiger partial charge in [0.1, 0.15) is 27.0 Å². The van der Waals surface area contributed by atoms with Gasteiger partial charge in [0, 0.05) is 11.0 Å². The number of benzene rings is 6. The lowest BCUT2D eigenvalue weighted by Crippen LogP contribution is -2.31. The molecule has 0 saturated carbocycles. The van der Waals surface area contributed by atoms with Crippen LogP contribution in [0.1, 0.15) is 25.0 Å². The number of ether oxygens (including phenoxy) is 1. The summed E-state index contributed by atoms with van der Waals surface area (Å²) in [5.74, 6) is 2.12. The van der Waals surface area contributed by atoms with Crippen LogP contribution >= 0.6 is 14.5 Å². The molecular weight excluding hydrogens is 546 g/mol. The quantitative estimate of drug-likeness (QED) is 0.234. The molecule has 0 unspecified atom stereocenters. The first-order valence-corrected chi connectivity index (χ1v) is 18.2. The van der Waals surface area contributed by atoms with Crippen LogP contribution in [0.15, 0.2) is 146 Å². The van der Waals surface area contributed by atoms with Gasteiger partial charge in [0.2, 0.25) is 10.6 Å². The molecule has 0 aliphatic carbocycles. The monoisotopic (exact) mass is 576 g/mol. The summed E-state index contributed by atoms with van der Waals surface area (Å²) in [6.07, 6.45) is 0. The third-order valence-electron chi connectivity index (χ3n) is 9.56. The molecule has 0 aromatic heterocycles. The standard InChI is InChI=1S/C39H30OP2/c1-39(2)31-25-15-16-26-32(31)40-34-33(39)35-37(41(35,27-17-7-3-8-18-27)28-19-9-4-10-20-28)38-36(34)42(38,29-21-11-5-12-22-29)30-23-13-6-14-24-30/h3-26H,1-2H3/q+2. The zero-order valence-electron chi connectivity index (χ0n) is 23.7. The van der Waals surface area contributed by atoms with Crippen molar-refractivity contribution in [1.82, 2.24) is 0 Å². The minimum absolute atomic E-state index is 0.194. The van der Waals surface area contributed by atoms with Gasteiger partial charge in [-0.1, -0.05) is 105 Å². The van der Waals surface area contributed by atoms with Crippen LogP contribution in [-0.4, -0.2) is 0 Å². The van der Waals surface area contributed by atoms with Crippen molar-refractivity contribution in [3.63, 3.8) is 0 Å². The molecule has 3 heteroatoms. The predicted octanol–water partition coefficient (Wildman–Crippen LogP) is 5.98.